The second kappa shape index (κ2) is 11.2. The molecule has 0 saturated heterocycles. The van der Waals surface area contributed by atoms with E-state index in [1.807, 2.05) is 49.4 Å². The minimum absolute atomic E-state index is 0.119. The van der Waals surface area contributed by atoms with Gasteiger partial charge in [0.25, 0.3) is 0 Å². The quantitative estimate of drug-likeness (QED) is 0.399. The summed E-state index contributed by atoms with van der Waals surface area (Å²) in [6, 6.07) is 13.8. The predicted octanol–water partition coefficient (Wildman–Crippen LogP) is 5.61. The van der Waals surface area contributed by atoms with Crippen LogP contribution in [0.2, 0.25) is 0 Å². The summed E-state index contributed by atoms with van der Waals surface area (Å²) in [4.78, 5) is 17.7. The smallest absolute Gasteiger partial charge is 0.223 e. The second-order valence-corrected chi connectivity index (χ2v) is 9.00. The van der Waals surface area contributed by atoms with Gasteiger partial charge in [-0.05, 0) is 56.0 Å². The van der Waals surface area contributed by atoms with Crippen LogP contribution < -0.4 is 14.8 Å². The molecule has 1 aromatic heterocycles. The number of methoxy groups -OCH3 is 1. The molecule has 0 spiro atoms. The van der Waals surface area contributed by atoms with Crippen LogP contribution in [0.3, 0.4) is 0 Å². The van der Waals surface area contributed by atoms with Crippen molar-refractivity contribution < 1.29 is 14.3 Å². The minimum atomic E-state index is -0.186. The maximum absolute atomic E-state index is 12.9. The third-order valence-electron chi connectivity index (χ3n) is 6.59. The molecule has 0 bridgehead atoms. The van der Waals surface area contributed by atoms with Crippen LogP contribution in [-0.2, 0) is 17.8 Å². The van der Waals surface area contributed by atoms with Crippen LogP contribution in [0.5, 0.6) is 11.5 Å². The van der Waals surface area contributed by atoms with Crippen LogP contribution in [0.25, 0.3) is 11.0 Å². The molecule has 1 unspecified atom stereocenters. The van der Waals surface area contributed by atoms with E-state index in [0.29, 0.717) is 24.7 Å². The molecule has 1 aliphatic carbocycles. The molecule has 1 amide bonds. The summed E-state index contributed by atoms with van der Waals surface area (Å²) in [6.45, 7) is 6.87. The third kappa shape index (κ3) is 5.44. The molecule has 6 nitrogen and oxygen atoms in total. The van der Waals surface area contributed by atoms with Crippen LogP contribution in [0.15, 0.2) is 55.1 Å². The van der Waals surface area contributed by atoms with Gasteiger partial charge in [0.15, 0.2) is 11.5 Å². The van der Waals surface area contributed by atoms with Gasteiger partial charge in [-0.2, -0.15) is 0 Å². The van der Waals surface area contributed by atoms with Crippen molar-refractivity contribution in [1.82, 2.24) is 14.9 Å². The van der Waals surface area contributed by atoms with Gasteiger partial charge in [-0.3, -0.25) is 4.79 Å². The van der Waals surface area contributed by atoms with Gasteiger partial charge in [0.05, 0.1) is 30.7 Å². The van der Waals surface area contributed by atoms with E-state index < -0.39 is 0 Å². The SMILES string of the molecule is C=CCc1ccc(OCCn2c(C(C)NC(=O)C3CCCCC3)nc3ccccc32)c(OC)c1. The van der Waals surface area contributed by atoms with E-state index >= 15 is 0 Å². The lowest BCUT2D eigenvalue weighted by molar-refractivity contribution is -0.126. The van der Waals surface area contributed by atoms with Crippen molar-refractivity contribution >= 4 is 16.9 Å². The first-order valence-electron chi connectivity index (χ1n) is 12.3. The maximum atomic E-state index is 12.9. The molecule has 34 heavy (non-hydrogen) atoms. The highest BCUT2D eigenvalue weighted by Crippen LogP contribution is 2.29. The average Bonchev–Trinajstić information content (AvgIpc) is 3.24. The number of nitrogens with one attached hydrogen (secondary N) is 1. The fourth-order valence-corrected chi connectivity index (χ4v) is 4.79. The Hall–Kier alpha value is -3.28. The summed E-state index contributed by atoms with van der Waals surface area (Å²) in [5.74, 6) is 2.53. The fraction of sp³-hybridized carbons (Fsp3) is 0.429. The molecular formula is C28H35N3O3. The van der Waals surface area contributed by atoms with Gasteiger partial charge in [-0.15, -0.1) is 6.58 Å². The van der Waals surface area contributed by atoms with Crippen molar-refractivity contribution in [3.63, 3.8) is 0 Å². The predicted molar refractivity (Wildman–Crippen MR) is 135 cm³/mol. The summed E-state index contributed by atoms with van der Waals surface area (Å²) in [7, 11) is 1.65. The molecule has 6 heteroatoms. The van der Waals surface area contributed by atoms with E-state index in [0.717, 1.165) is 54.5 Å². The highest BCUT2D eigenvalue weighted by molar-refractivity contribution is 5.80. The van der Waals surface area contributed by atoms with Gasteiger partial charge >= 0.3 is 0 Å². The largest absolute Gasteiger partial charge is 0.493 e. The number of para-hydroxylation sites is 2. The van der Waals surface area contributed by atoms with E-state index in [-0.39, 0.29) is 17.9 Å². The molecule has 3 aromatic rings. The molecule has 180 valence electrons. The van der Waals surface area contributed by atoms with Gasteiger partial charge in [0.1, 0.15) is 12.4 Å². The zero-order chi connectivity index (χ0) is 23.9. The fourth-order valence-electron chi connectivity index (χ4n) is 4.79. The molecule has 0 aliphatic heterocycles. The average molecular weight is 462 g/mol. The zero-order valence-electron chi connectivity index (χ0n) is 20.3. The van der Waals surface area contributed by atoms with Gasteiger partial charge in [-0.1, -0.05) is 43.5 Å². The van der Waals surface area contributed by atoms with Crippen molar-refractivity contribution in [2.24, 2.45) is 5.92 Å². The van der Waals surface area contributed by atoms with Crippen LogP contribution in [0.4, 0.5) is 0 Å². The van der Waals surface area contributed by atoms with E-state index in [4.69, 9.17) is 14.5 Å². The maximum Gasteiger partial charge on any atom is 0.223 e. The summed E-state index contributed by atoms with van der Waals surface area (Å²) in [6.07, 6.45) is 8.13. The highest BCUT2D eigenvalue weighted by atomic mass is 16.5. The number of amides is 1. The minimum Gasteiger partial charge on any atom is -0.493 e. The summed E-state index contributed by atoms with van der Waals surface area (Å²) in [5, 5.41) is 3.22. The van der Waals surface area contributed by atoms with E-state index in [1.54, 1.807) is 7.11 Å². The lowest BCUT2D eigenvalue weighted by Crippen LogP contribution is -2.35. The molecule has 1 atom stereocenters. The van der Waals surface area contributed by atoms with Crippen LogP contribution in [0, 0.1) is 5.92 Å². The van der Waals surface area contributed by atoms with Crippen molar-refractivity contribution in [1.29, 1.82) is 0 Å². The molecule has 1 N–H and O–H groups in total. The Labute approximate surface area is 202 Å². The zero-order valence-corrected chi connectivity index (χ0v) is 20.3. The van der Waals surface area contributed by atoms with Crippen LogP contribution in [0.1, 0.15) is 56.5 Å². The second-order valence-electron chi connectivity index (χ2n) is 9.00. The number of rotatable bonds is 10. The number of fused-ring (bicyclic) bond motifs is 1. The third-order valence-corrected chi connectivity index (χ3v) is 6.59. The first kappa shape index (κ1) is 23.9. The number of aromatic nitrogens is 2. The van der Waals surface area contributed by atoms with Crippen LogP contribution in [-0.4, -0.2) is 29.2 Å². The van der Waals surface area contributed by atoms with E-state index in [1.165, 1.54) is 6.42 Å². The Morgan fingerprint density at radius 2 is 2.00 bits per heavy atom. The Kier molecular flexibility index (Phi) is 7.88. The lowest BCUT2D eigenvalue weighted by Gasteiger charge is -2.23. The molecular weight excluding hydrogens is 426 g/mol. The number of benzene rings is 2. The van der Waals surface area contributed by atoms with Crippen molar-refractivity contribution in [2.45, 2.75) is 58.0 Å². The van der Waals surface area contributed by atoms with Gasteiger partial charge in [-0.25, -0.2) is 4.98 Å². The Morgan fingerprint density at radius 3 is 2.76 bits per heavy atom. The number of carbonyl (C=O) groups excluding carboxylic acids is 1. The molecule has 1 heterocycles. The van der Waals surface area contributed by atoms with Crippen LogP contribution >= 0.6 is 0 Å². The molecule has 1 fully saturated rings. The monoisotopic (exact) mass is 461 g/mol. The summed E-state index contributed by atoms with van der Waals surface area (Å²) in [5.41, 5.74) is 3.08. The Bertz CT molecular complexity index is 1130. The van der Waals surface area contributed by atoms with Crippen molar-refractivity contribution in [2.75, 3.05) is 13.7 Å². The number of allylic oxidation sites excluding steroid dienone is 1. The van der Waals surface area contributed by atoms with Crippen molar-refractivity contribution in [3.05, 3.63) is 66.5 Å². The highest BCUT2D eigenvalue weighted by Gasteiger charge is 2.25. The number of carbonyl (C=O) groups is 1. The molecule has 2 aromatic carbocycles. The van der Waals surface area contributed by atoms with E-state index in [9.17, 15) is 4.79 Å². The molecule has 0 radical (unpaired) electrons. The first-order valence-corrected chi connectivity index (χ1v) is 12.3. The van der Waals surface area contributed by atoms with Gasteiger partial charge < -0.3 is 19.4 Å². The number of imidazole rings is 1. The molecule has 1 aliphatic rings. The lowest BCUT2D eigenvalue weighted by atomic mass is 9.88. The Morgan fingerprint density at radius 1 is 1.21 bits per heavy atom. The standard InChI is InChI=1S/C28H35N3O3/c1-4-10-21-15-16-25(26(19-21)33-3)34-18-17-31-24-14-9-8-13-23(24)30-27(31)20(2)29-28(32)22-11-6-5-7-12-22/h4,8-9,13-16,19-20,22H,1,5-7,10-12,17-18H2,2-3H3,(H,29,32). The van der Waals surface area contributed by atoms with Gasteiger partial charge in [0, 0.05) is 5.92 Å². The number of hydrogen-bond donors (Lipinski definition) is 1. The van der Waals surface area contributed by atoms with E-state index in [2.05, 4.69) is 22.5 Å². The Balaban J connectivity index is 1.49. The molecule has 4 rings (SSSR count). The molecule has 1 saturated carbocycles. The number of nitrogens with zero attached hydrogens (tertiary/aromatic N) is 2. The summed E-state index contributed by atoms with van der Waals surface area (Å²) >= 11 is 0. The number of ether oxygens (including phenoxy) is 2. The summed E-state index contributed by atoms with van der Waals surface area (Å²) < 4.78 is 13.8. The first-order chi connectivity index (χ1) is 16.6. The topological polar surface area (TPSA) is 65.4 Å². The van der Waals surface area contributed by atoms with Gasteiger partial charge in [0.2, 0.25) is 5.91 Å². The van der Waals surface area contributed by atoms with Crippen molar-refractivity contribution in [3.8, 4) is 11.5 Å². The normalized spacial score (nSPS) is 15.1. The number of hydrogen-bond acceptors (Lipinski definition) is 4.